The van der Waals surface area contributed by atoms with E-state index in [1.54, 1.807) is 0 Å². The Hall–Kier alpha value is -2.49. The van der Waals surface area contributed by atoms with Gasteiger partial charge in [0, 0.05) is 19.0 Å². The van der Waals surface area contributed by atoms with E-state index < -0.39 is 0 Å². The molecular weight excluding hydrogens is 302 g/mol. The summed E-state index contributed by atoms with van der Waals surface area (Å²) in [6.45, 7) is 1.77. The van der Waals surface area contributed by atoms with Crippen LogP contribution in [0.4, 0.5) is 0 Å². The normalized spacial score (nSPS) is 23.8. The molecule has 3 aliphatic rings. The van der Waals surface area contributed by atoms with Crippen molar-refractivity contribution in [2.24, 2.45) is 5.92 Å². The average molecular weight is 321 g/mol. The highest BCUT2D eigenvalue weighted by Gasteiger charge is 2.46. The van der Waals surface area contributed by atoms with Gasteiger partial charge in [0.15, 0.2) is 11.5 Å². The molecule has 4 nitrogen and oxygen atoms in total. The van der Waals surface area contributed by atoms with E-state index >= 15 is 0 Å². The maximum atomic E-state index is 12.9. The van der Waals surface area contributed by atoms with Crippen LogP contribution in [0, 0.1) is 5.92 Å². The van der Waals surface area contributed by atoms with Gasteiger partial charge in [0.1, 0.15) is 0 Å². The lowest BCUT2D eigenvalue weighted by Gasteiger charge is -2.29. The summed E-state index contributed by atoms with van der Waals surface area (Å²) in [5.74, 6) is 2.49. The summed E-state index contributed by atoms with van der Waals surface area (Å²) in [4.78, 5) is 14.9. The van der Waals surface area contributed by atoms with Gasteiger partial charge in [0.2, 0.25) is 12.7 Å². The first kappa shape index (κ1) is 13.9. The Bertz CT molecular complexity index is 802. The summed E-state index contributed by atoms with van der Waals surface area (Å²) in [5, 5.41) is 0. The van der Waals surface area contributed by atoms with Crippen LogP contribution in [0.2, 0.25) is 0 Å². The number of carbonyl (C=O) groups excluding carboxylic acids is 1. The summed E-state index contributed by atoms with van der Waals surface area (Å²) >= 11 is 0. The third-order valence-electron chi connectivity index (χ3n) is 5.35. The molecular formula is C20H19NO3. The zero-order valence-electron chi connectivity index (χ0n) is 13.4. The van der Waals surface area contributed by atoms with Crippen molar-refractivity contribution in [1.29, 1.82) is 0 Å². The molecule has 2 unspecified atom stereocenters. The second kappa shape index (κ2) is 5.26. The molecule has 2 heterocycles. The van der Waals surface area contributed by atoms with Crippen molar-refractivity contribution in [3.8, 4) is 11.5 Å². The molecule has 1 amide bonds. The Balaban J connectivity index is 1.32. The Morgan fingerprint density at radius 2 is 1.79 bits per heavy atom. The summed E-state index contributed by atoms with van der Waals surface area (Å²) < 4.78 is 10.9. The Kier molecular flexibility index (Phi) is 3.05. The van der Waals surface area contributed by atoms with Crippen LogP contribution in [-0.4, -0.2) is 24.1 Å². The van der Waals surface area contributed by atoms with Gasteiger partial charge in [-0.2, -0.15) is 0 Å². The highest BCUT2D eigenvalue weighted by Crippen LogP contribution is 2.49. The van der Waals surface area contributed by atoms with Crippen LogP contribution < -0.4 is 9.47 Å². The number of carbonyl (C=O) groups is 1. The Labute approximate surface area is 141 Å². The van der Waals surface area contributed by atoms with Gasteiger partial charge in [-0.15, -0.1) is 0 Å². The van der Waals surface area contributed by atoms with Crippen molar-refractivity contribution in [2.75, 3.05) is 13.3 Å². The van der Waals surface area contributed by atoms with Crippen LogP contribution in [0.25, 0.3) is 0 Å². The first-order valence-corrected chi connectivity index (χ1v) is 8.55. The van der Waals surface area contributed by atoms with E-state index in [2.05, 4.69) is 30.3 Å². The number of nitrogens with zero attached hydrogens (tertiary/aromatic N) is 1. The predicted octanol–water partition coefficient (Wildman–Crippen LogP) is 3.10. The van der Waals surface area contributed by atoms with Crippen molar-refractivity contribution in [2.45, 2.75) is 25.3 Å². The molecule has 1 aliphatic carbocycles. The van der Waals surface area contributed by atoms with E-state index in [0.29, 0.717) is 25.2 Å². The fraction of sp³-hybridized carbons (Fsp3) is 0.350. The molecule has 1 saturated carbocycles. The molecule has 0 aromatic heterocycles. The van der Waals surface area contributed by atoms with Gasteiger partial charge in [0.25, 0.3) is 0 Å². The smallest absolute Gasteiger partial charge is 0.231 e. The number of amides is 1. The maximum Gasteiger partial charge on any atom is 0.231 e. The number of benzene rings is 2. The molecule has 0 saturated heterocycles. The van der Waals surface area contributed by atoms with Crippen molar-refractivity contribution in [3.63, 3.8) is 0 Å². The number of ether oxygens (including phenoxy) is 2. The van der Waals surface area contributed by atoms with Gasteiger partial charge < -0.3 is 14.4 Å². The molecule has 0 N–H and O–H groups in total. The molecule has 4 heteroatoms. The largest absolute Gasteiger partial charge is 0.454 e. The van der Waals surface area contributed by atoms with Crippen molar-refractivity contribution in [3.05, 3.63) is 59.2 Å². The lowest BCUT2D eigenvalue weighted by atomic mass is 9.98. The third kappa shape index (κ3) is 2.25. The molecule has 0 spiro atoms. The van der Waals surface area contributed by atoms with Crippen LogP contribution in [0.1, 0.15) is 29.0 Å². The van der Waals surface area contributed by atoms with Crippen LogP contribution in [0.3, 0.4) is 0 Å². The number of rotatable bonds is 2. The maximum absolute atomic E-state index is 12.9. The van der Waals surface area contributed by atoms with Gasteiger partial charge in [-0.05, 0) is 47.6 Å². The third-order valence-corrected chi connectivity index (χ3v) is 5.35. The lowest BCUT2D eigenvalue weighted by molar-refractivity contribution is -0.133. The van der Waals surface area contributed by atoms with E-state index in [0.717, 1.165) is 30.9 Å². The fourth-order valence-electron chi connectivity index (χ4n) is 3.91. The van der Waals surface area contributed by atoms with Crippen LogP contribution >= 0.6 is 0 Å². The SMILES string of the molecule is O=C(C1CC1c1ccccc1)N1CCc2cc3c(cc2C1)OCO3. The molecule has 0 radical (unpaired) electrons. The van der Waals surface area contributed by atoms with E-state index in [1.807, 2.05) is 17.0 Å². The van der Waals surface area contributed by atoms with E-state index in [1.165, 1.54) is 16.7 Å². The number of hydrogen-bond acceptors (Lipinski definition) is 3. The van der Waals surface area contributed by atoms with Crippen molar-refractivity contribution < 1.29 is 14.3 Å². The standard InChI is InChI=1S/C20H19NO3/c22-20(17-10-16(17)13-4-2-1-3-5-13)21-7-6-14-8-18-19(24-12-23-18)9-15(14)11-21/h1-5,8-9,16-17H,6-7,10-12H2. The molecule has 2 aliphatic heterocycles. The quantitative estimate of drug-likeness (QED) is 0.853. The summed E-state index contributed by atoms with van der Waals surface area (Å²) in [6, 6.07) is 14.5. The zero-order chi connectivity index (χ0) is 16.1. The molecule has 2 aromatic carbocycles. The van der Waals surface area contributed by atoms with Gasteiger partial charge in [0.05, 0.1) is 0 Å². The minimum atomic E-state index is 0.156. The number of hydrogen-bond donors (Lipinski definition) is 0. The number of fused-ring (bicyclic) bond motifs is 2. The fourth-order valence-corrected chi connectivity index (χ4v) is 3.91. The topological polar surface area (TPSA) is 38.8 Å². The van der Waals surface area contributed by atoms with Gasteiger partial charge in [-0.25, -0.2) is 0 Å². The molecule has 1 fully saturated rings. The lowest BCUT2D eigenvalue weighted by Crippen LogP contribution is -2.37. The summed E-state index contributed by atoms with van der Waals surface area (Å²) in [5.41, 5.74) is 3.76. The van der Waals surface area contributed by atoms with Crippen molar-refractivity contribution >= 4 is 5.91 Å². The van der Waals surface area contributed by atoms with E-state index in [-0.39, 0.29) is 5.92 Å². The van der Waals surface area contributed by atoms with E-state index in [4.69, 9.17) is 9.47 Å². The predicted molar refractivity (Wildman–Crippen MR) is 89.0 cm³/mol. The van der Waals surface area contributed by atoms with Crippen LogP contribution in [-0.2, 0) is 17.8 Å². The second-order valence-corrected chi connectivity index (χ2v) is 6.84. The van der Waals surface area contributed by atoms with Crippen molar-refractivity contribution in [1.82, 2.24) is 4.90 Å². The zero-order valence-corrected chi connectivity index (χ0v) is 13.4. The van der Waals surface area contributed by atoms with Gasteiger partial charge in [-0.1, -0.05) is 30.3 Å². The average Bonchev–Trinajstić information content (AvgIpc) is 3.30. The molecule has 2 aromatic rings. The molecule has 5 rings (SSSR count). The van der Waals surface area contributed by atoms with Gasteiger partial charge >= 0.3 is 0 Å². The minimum Gasteiger partial charge on any atom is -0.454 e. The molecule has 0 bridgehead atoms. The second-order valence-electron chi connectivity index (χ2n) is 6.84. The first-order valence-electron chi connectivity index (χ1n) is 8.55. The Morgan fingerprint density at radius 3 is 2.58 bits per heavy atom. The van der Waals surface area contributed by atoms with E-state index in [9.17, 15) is 4.79 Å². The van der Waals surface area contributed by atoms with Gasteiger partial charge in [-0.3, -0.25) is 4.79 Å². The summed E-state index contributed by atoms with van der Waals surface area (Å²) in [6.07, 6.45) is 1.87. The molecule has 122 valence electrons. The summed E-state index contributed by atoms with van der Waals surface area (Å²) in [7, 11) is 0. The van der Waals surface area contributed by atoms with Crippen LogP contribution in [0.15, 0.2) is 42.5 Å². The highest BCUT2D eigenvalue weighted by molar-refractivity contribution is 5.83. The molecule has 2 atom stereocenters. The van der Waals surface area contributed by atoms with Crippen LogP contribution in [0.5, 0.6) is 11.5 Å². The Morgan fingerprint density at radius 1 is 1.04 bits per heavy atom. The first-order chi connectivity index (χ1) is 11.8. The minimum absolute atomic E-state index is 0.156. The highest BCUT2D eigenvalue weighted by atomic mass is 16.7. The molecule has 24 heavy (non-hydrogen) atoms. The monoisotopic (exact) mass is 321 g/mol.